The Labute approximate surface area is 174 Å². The van der Waals surface area contributed by atoms with Gasteiger partial charge in [0, 0.05) is 36.8 Å². The minimum atomic E-state index is -0.482. The smallest absolute Gasteiger partial charge is 0.239 e. The number of anilines is 1. The average Bonchev–Trinajstić information content (AvgIpc) is 2.63. The van der Waals surface area contributed by atoms with Gasteiger partial charge in [0.05, 0.1) is 6.04 Å². The van der Waals surface area contributed by atoms with Gasteiger partial charge in [0.15, 0.2) is 0 Å². The molecule has 1 aromatic carbocycles. The van der Waals surface area contributed by atoms with Crippen LogP contribution in [0.1, 0.15) is 5.56 Å². The fourth-order valence-electron chi connectivity index (χ4n) is 2.90. The van der Waals surface area contributed by atoms with Crippen LogP contribution >= 0.6 is 40.7 Å². The lowest BCUT2D eigenvalue weighted by atomic mass is 10.1. The molecule has 1 saturated heterocycles. The lowest BCUT2D eigenvalue weighted by Crippen LogP contribution is -2.53. The average molecular weight is 462 g/mol. The predicted molar refractivity (Wildman–Crippen MR) is 113 cm³/mol. The van der Waals surface area contributed by atoms with Gasteiger partial charge in [0.25, 0.3) is 0 Å². The number of benzene rings is 1. The number of amides is 1. The zero-order chi connectivity index (χ0) is 16.9. The van der Waals surface area contributed by atoms with Gasteiger partial charge in [0.2, 0.25) is 5.91 Å². The molecule has 0 aliphatic carbocycles. The number of nitrogens with two attached hydrogens (primary N) is 1. The van der Waals surface area contributed by atoms with Crippen molar-refractivity contribution in [3.8, 4) is 0 Å². The van der Waals surface area contributed by atoms with E-state index in [1.807, 2.05) is 47.4 Å². The zero-order valence-electron chi connectivity index (χ0n) is 14.3. The van der Waals surface area contributed by atoms with Crippen molar-refractivity contribution in [3.63, 3.8) is 0 Å². The van der Waals surface area contributed by atoms with Crippen LogP contribution in [0.2, 0.25) is 0 Å². The molecular formula is C18H23BrCl2N4O. The van der Waals surface area contributed by atoms with Gasteiger partial charge in [-0.2, -0.15) is 0 Å². The molecule has 1 amide bonds. The molecule has 3 rings (SSSR count). The molecule has 1 aromatic heterocycles. The standard InChI is InChI=1S/C18H21BrN4O.2ClH/c19-15-6-7-17(21-13-15)22-8-10-23(11-9-22)18(24)16(20)12-14-4-2-1-3-5-14;;/h1-7,13,16H,8-12,20H2;2*1H. The lowest BCUT2D eigenvalue weighted by Gasteiger charge is -2.36. The minimum absolute atomic E-state index is 0. The number of hydrogen-bond acceptors (Lipinski definition) is 4. The normalized spacial score (nSPS) is 14.8. The van der Waals surface area contributed by atoms with Crippen molar-refractivity contribution < 1.29 is 4.79 Å². The highest BCUT2D eigenvalue weighted by Gasteiger charge is 2.25. The Kier molecular flexibility index (Phi) is 9.36. The number of rotatable bonds is 4. The summed E-state index contributed by atoms with van der Waals surface area (Å²) in [6.07, 6.45) is 2.37. The van der Waals surface area contributed by atoms with Crippen LogP contribution in [0.3, 0.4) is 0 Å². The number of carbonyl (C=O) groups is 1. The van der Waals surface area contributed by atoms with Gasteiger partial charge in [-0.1, -0.05) is 30.3 Å². The van der Waals surface area contributed by atoms with Crippen molar-refractivity contribution >= 4 is 52.5 Å². The van der Waals surface area contributed by atoms with Crippen molar-refractivity contribution in [2.24, 2.45) is 5.73 Å². The van der Waals surface area contributed by atoms with E-state index in [0.717, 1.165) is 28.9 Å². The largest absolute Gasteiger partial charge is 0.353 e. The molecule has 2 N–H and O–H groups in total. The Bertz CT molecular complexity index is 679. The summed E-state index contributed by atoms with van der Waals surface area (Å²) in [6, 6.07) is 13.4. The molecule has 142 valence electrons. The van der Waals surface area contributed by atoms with E-state index >= 15 is 0 Å². The van der Waals surface area contributed by atoms with Crippen LogP contribution in [0, 0.1) is 0 Å². The van der Waals surface area contributed by atoms with Gasteiger partial charge in [-0.25, -0.2) is 4.98 Å². The van der Waals surface area contributed by atoms with Crippen molar-refractivity contribution in [2.75, 3.05) is 31.1 Å². The first-order valence-electron chi connectivity index (χ1n) is 8.08. The summed E-state index contributed by atoms with van der Waals surface area (Å²) in [6.45, 7) is 2.91. The maximum atomic E-state index is 12.6. The molecule has 8 heteroatoms. The highest BCUT2D eigenvalue weighted by atomic mass is 79.9. The van der Waals surface area contributed by atoms with Crippen LogP contribution in [0.25, 0.3) is 0 Å². The monoisotopic (exact) mass is 460 g/mol. The lowest BCUT2D eigenvalue weighted by molar-refractivity contribution is -0.132. The topological polar surface area (TPSA) is 62.5 Å². The molecule has 1 aliphatic heterocycles. The van der Waals surface area contributed by atoms with Crippen molar-refractivity contribution in [2.45, 2.75) is 12.5 Å². The molecule has 1 atom stereocenters. The Morgan fingerprint density at radius 1 is 1.08 bits per heavy atom. The van der Waals surface area contributed by atoms with Crippen LogP contribution in [0.5, 0.6) is 0 Å². The van der Waals surface area contributed by atoms with Crippen LogP contribution in [-0.2, 0) is 11.2 Å². The molecule has 0 spiro atoms. The van der Waals surface area contributed by atoms with Crippen molar-refractivity contribution in [3.05, 3.63) is 58.7 Å². The summed E-state index contributed by atoms with van der Waals surface area (Å²) in [7, 11) is 0. The molecular weight excluding hydrogens is 439 g/mol. The van der Waals surface area contributed by atoms with Gasteiger partial charge in [-0.15, -0.1) is 24.8 Å². The highest BCUT2D eigenvalue weighted by Crippen LogP contribution is 2.17. The van der Waals surface area contributed by atoms with E-state index in [9.17, 15) is 4.79 Å². The minimum Gasteiger partial charge on any atom is -0.353 e. The second kappa shape index (κ2) is 10.7. The first-order chi connectivity index (χ1) is 11.6. The maximum absolute atomic E-state index is 12.6. The molecule has 1 fully saturated rings. The summed E-state index contributed by atoms with van der Waals surface area (Å²) in [5, 5.41) is 0. The summed E-state index contributed by atoms with van der Waals surface area (Å²) in [5.41, 5.74) is 7.21. The fraction of sp³-hybridized carbons (Fsp3) is 0.333. The Balaban J connectivity index is 0.00000169. The Morgan fingerprint density at radius 2 is 1.73 bits per heavy atom. The molecule has 5 nitrogen and oxygen atoms in total. The first-order valence-corrected chi connectivity index (χ1v) is 8.87. The van der Waals surface area contributed by atoms with Crippen LogP contribution < -0.4 is 10.6 Å². The predicted octanol–water partition coefficient (Wildman–Crippen LogP) is 2.91. The number of pyridine rings is 1. The van der Waals surface area contributed by atoms with E-state index in [1.54, 1.807) is 6.20 Å². The summed E-state index contributed by atoms with van der Waals surface area (Å²) in [5.74, 6) is 0.973. The third-order valence-corrected chi connectivity index (χ3v) is 4.71. The van der Waals surface area contributed by atoms with Crippen LogP contribution in [0.4, 0.5) is 5.82 Å². The number of carbonyl (C=O) groups excluding carboxylic acids is 1. The van der Waals surface area contributed by atoms with Crippen LogP contribution in [0.15, 0.2) is 53.1 Å². The molecule has 26 heavy (non-hydrogen) atoms. The Morgan fingerprint density at radius 3 is 2.31 bits per heavy atom. The Hall–Kier alpha value is -1.34. The highest BCUT2D eigenvalue weighted by molar-refractivity contribution is 9.10. The molecule has 0 radical (unpaired) electrons. The van der Waals surface area contributed by atoms with Crippen LogP contribution in [-0.4, -0.2) is 48.0 Å². The number of nitrogens with zero attached hydrogens (tertiary/aromatic N) is 3. The summed E-state index contributed by atoms with van der Waals surface area (Å²) < 4.78 is 0.965. The van der Waals surface area contributed by atoms with E-state index in [-0.39, 0.29) is 30.7 Å². The van der Waals surface area contributed by atoms with Crippen molar-refractivity contribution in [1.82, 2.24) is 9.88 Å². The second-order valence-corrected chi connectivity index (χ2v) is 6.86. The van der Waals surface area contributed by atoms with E-state index in [0.29, 0.717) is 19.5 Å². The number of hydrogen-bond donors (Lipinski definition) is 1. The SMILES string of the molecule is Cl.Cl.NC(Cc1ccccc1)C(=O)N1CCN(c2ccc(Br)cn2)CC1. The second-order valence-electron chi connectivity index (χ2n) is 5.94. The van der Waals surface area contributed by atoms with E-state index in [4.69, 9.17) is 5.73 Å². The van der Waals surface area contributed by atoms with Gasteiger partial charge in [-0.3, -0.25) is 4.79 Å². The quantitative estimate of drug-likeness (QED) is 0.760. The first kappa shape index (κ1) is 22.7. The molecule has 2 aromatic rings. The third kappa shape index (κ3) is 5.84. The third-order valence-electron chi connectivity index (χ3n) is 4.24. The molecule has 1 aliphatic rings. The fourth-order valence-corrected chi connectivity index (χ4v) is 3.14. The maximum Gasteiger partial charge on any atom is 0.239 e. The summed E-state index contributed by atoms with van der Waals surface area (Å²) >= 11 is 3.39. The molecule has 0 saturated carbocycles. The zero-order valence-corrected chi connectivity index (χ0v) is 17.5. The number of halogens is 3. The van der Waals surface area contributed by atoms with E-state index in [1.165, 1.54) is 0 Å². The van der Waals surface area contributed by atoms with Gasteiger partial charge in [0.1, 0.15) is 5.82 Å². The van der Waals surface area contributed by atoms with Crippen molar-refractivity contribution in [1.29, 1.82) is 0 Å². The van der Waals surface area contributed by atoms with E-state index in [2.05, 4.69) is 25.8 Å². The number of piperazine rings is 1. The van der Waals surface area contributed by atoms with Gasteiger partial charge >= 0.3 is 0 Å². The molecule has 1 unspecified atom stereocenters. The van der Waals surface area contributed by atoms with Gasteiger partial charge in [-0.05, 0) is 40.0 Å². The molecule has 0 bridgehead atoms. The summed E-state index contributed by atoms with van der Waals surface area (Å²) in [4.78, 5) is 21.0. The molecule has 2 heterocycles. The van der Waals surface area contributed by atoms with E-state index < -0.39 is 6.04 Å². The number of aromatic nitrogens is 1. The van der Waals surface area contributed by atoms with Gasteiger partial charge < -0.3 is 15.5 Å².